The number of ether oxygens (including phenoxy) is 2. The largest absolute Gasteiger partial charge is 0.469 e. The van der Waals surface area contributed by atoms with E-state index in [4.69, 9.17) is 10.5 Å². The second-order valence-electron chi connectivity index (χ2n) is 5.02. The van der Waals surface area contributed by atoms with Gasteiger partial charge in [-0.05, 0) is 24.5 Å². The lowest BCUT2D eigenvalue weighted by atomic mass is 10.0. The number of hydrogen-bond donors (Lipinski definition) is 1. The van der Waals surface area contributed by atoms with E-state index < -0.39 is 0 Å². The molecule has 0 spiro atoms. The van der Waals surface area contributed by atoms with Crippen molar-refractivity contribution in [2.24, 2.45) is 5.73 Å². The van der Waals surface area contributed by atoms with Crippen molar-refractivity contribution in [2.75, 3.05) is 13.7 Å². The maximum absolute atomic E-state index is 11.3. The fourth-order valence-corrected chi connectivity index (χ4v) is 1.59. The number of esters is 1. The molecule has 0 aromatic heterocycles. The molecule has 19 heavy (non-hydrogen) atoms. The van der Waals surface area contributed by atoms with E-state index in [1.54, 1.807) is 0 Å². The van der Waals surface area contributed by atoms with Crippen molar-refractivity contribution in [1.82, 2.24) is 0 Å². The second kappa shape index (κ2) is 7.26. The SMILES string of the molecule is CCC(C)(N)COCc1ccccc1CC(=O)OC. The number of carbonyl (C=O) groups excluding carboxylic acids is 1. The number of hydrogen-bond acceptors (Lipinski definition) is 4. The van der Waals surface area contributed by atoms with Gasteiger partial charge in [0, 0.05) is 5.54 Å². The summed E-state index contributed by atoms with van der Waals surface area (Å²) in [6.45, 7) is 4.96. The molecule has 0 heterocycles. The van der Waals surface area contributed by atoms with Crippen molar-refractivity contribution in [3.8, 4) is 0 Å². The maximum atomic E-state index is 11.3. The quantitative estimate of drug-likeness (QED) is 0.766. The van der Waals surface area contributed by atoms with Crippen LogP contribution in [0.1, 0.15) is 31.4 Å². The van der Waals surface area contributed by atoms with Crippen LogP contribution in [0.4, 0.5) is 0 Å². The average molecular weight is 265 g/mol. The monoisotopic (exact) mass is 265 g/mol. The molecule has 106 valence electrons. The van der Waals surface area contributed by atoms with Crippen molar-refractivity contribution < 1.29 is 14.3 Å². The molecule has 4 nitrogen and oxygen atoms in total. The number of methoxy groups -OCH3 is 1. The number of benzene rings is 1. The molecular formula is C15H23NO3. The van der Waals surface area contributed by atoms with Crippen LogP contribution in [-0.2, 0) is 27.3 Å². The normalized spacial score (nSPS) is 13.9. The summed E-state index contributed by atoms with van der Waals surface area (Å²) in [7, 11) is 1.39. The standard InChI is InChI=1S/C15H23NO3/c1-4-15(2,16)11-19-10-13-8-6-5-7-12(13)9-14(17)18-3/h5-8H,4,9-11,16H2,1-3H3. The van der Waals surface area contributed by atoms with Gasteiger partial charge in [0.15, 0.2) is 0 Å². The van der Waals surface area contributed by atoms with E-state index in [0.717, 1.165) is 17.5 Å². The molecular weight excluding hydrogens is 242 g/mol. The molecule has 0 fully saturated rings. The Morgan fingerprint density at radius 3 is 2.53 bits per heavy atom. The van der Waals surface area contributed by atoms with Gasteiger partial charge in [0.1, 0.15) is 0 Å². The topological polar surface area (TPSA) is 61.5 Å². The van der Waals surface area contributed by atoms with E-state index in [1.807, 2.05) is 38.1 Å². The van der Waals surface area contributed by atoms with E-state index in [2.05, 4.69) is 4.74 Å². The van der Waals surface area contributed by atoms with Crippen LogP contribution in [0.25, 0.3) is 0 Å². The number of nitrogens with two attached hydrogens (primary N) is 1. The van der Waals surface area contributed by atoms with Crippen LogP contribution in [-0.4, -0.2) is 25.2 Å². The lowest BCUT2D eigenvalue weighted by Crippen LogP contribution is -2.40. The molecule has 0 saturated heterocycles. The van der Waals surface area contributed by atoms with Crippen molar-refractivity contribution in [1.29, 1.82) is 0 Å². The molecule has 0 aliphatic rings. The molecule has 0 radical (unpaired) electrons. The minimum absolute atomic E-state index is 0.246. The lowest BCUT2D eigenvalue weighted by Gasteiger charge is -2.22. The van der Waals surface area contributed by atoms with E-state index >= 15 is 0 Å². The Morgan fingerprint density at radius 1 is 1.32 bits per heavy atom. The van der Waals surface area contributed by atoms with Gasteiger partial charge in [0.2, 0.25) is 0 Å². The highest BCUT2D eigenvalue weighted by Gasteiger charge is 2.16. The Morgan fingerprint density at radius 2 is 1.95 bits per heavy atom. The summed E-state index contributed by atoms with van der Waals surface area (Å²) in [5.41, 5.74) is 7.65. The van der Waals surface area contributed by atoms with Gasteiger partial charge in [-0.15, -0.1) is 0 Å². The Balaban J connectivity index is 2.60. The zero-order chi connectivity index (χ0) is 14.3. The summed E-state index contributed by atoms with van der Waals surface area (Å²) >= 11 is 0. The Kier molecular flexibility index (Phi) is 5.99. The summed E-state index contributed by atoms with van der Waals surface area (Å²) in [6, 6.07) is 7.71. The third-order valence-electron chi connectivity index (χ3n) is 3.18. The minimum Gasteiger partial charge on any atom is -0.469 e. The van der Waals surface area contributed by atoms with Gasteiger partial charge >= 0.3 is 5.97 Å². The van der Waals surface area contributed by atoms with E-state index in [-0.39, 0.29) is 17.9 Å². The smallest absolute Gasteiger partial charge is 0.309 e. The number of carbonyl (C=O) groups is 1. The minimum atomic E-state index is -0.308. The van der Waals surface area contributed by atoms with E-state index in [0.29, 0.717) is 13.2 Å². The molecule has 0 aliphatic carbocycles. The first kappa shape index (κ1) is 15.7. The lowest BCUT2D eigenvalue weighted by molar-refractivity contribution is -0.139. The number of rotatable bonds is 7. The summed E-state index contributed by atoms with van der Waals surface area (Å²) in [6.07, 6.45) is 1.13. The maximum Gasteiger partial charge on any atom is 0.309 e. The molecule has 1 aromatic carbocycles. The molecule has 4 heteroatoms. The predicted octanol–water partition coefficient (Wildman–Crippen LogP) is 2.05. The summed E-state index contributed by atoms with van der Waals surface area (Å²) in [4.78, 5) is 11.3. The first-order valence-corrected chi connectivity index (χ1v) is 6.48. The molecule has 1 atom stereocenters. The second-order valence-corrected chi connectivity index (χ2v) is 5.02. The van der Waals surface area contributed by atoms with Crippen LogP contribution < -0.4 is 5.73 Å². The molecule has 1 unspecified atom stereocenters. The van der Waals surface area contributed by atoms with Crippen LogP contribution >= 0.6 is 0 Å². The van der Waals surface area contributed by atoms with Crippen LogP contribution in [0.15, 0.2) is 24.3 Å². The average Bonchev–Trinajstić information content (AvgIpc) is 2.40. The molecule has 0 saturated carbocycles. The molecule has 2 N–H and O–H groups in total. The van der Waals surface area contributed by atoms with Gasteiger partial charge in [-0.3, -0.25) is 4.79 Å². The summed E-state index contributed by atoms with van der Waals surface area (Å²) < 4.78 is 10.3. The first-order chi connectivity index (χ1) is 8.98. The van der Waals surface area contributed by atoms with Gasteiger partial charge in [-0.1, -0.05) is 31.2 Å². The highest BCUT2D eigenvalue weighted by molar-refractivity contribution is 5.72. The Hall–Kier alpha value is -1.39. The fraction of sp³-hybridized carbons (Fsp3) is 0.533. The third kappa shape index (κ3) is 5.41. The van der Waals surface area contributed by atoms with Gasteiger partial charge in [-0.25, -0.2) is 0 Å². The van der Waals surface area contributed by atoms with Crippen molar-refractivity contribution >= 4 is 5.97 Å². The summed E-state index contributed by atoms with van der Waals surface area (Å²) in [5, 5.41) is 0. The third-order valence-corrected chi connectivity index (χ3v) is 3.18. The summed E-state index contributed by atoms with van der Waals surface area (Å²) in [5.74, 6) is -0.246. The predicted molar refractivity (Wildman–Crippen MR) is 74.7 cm³/mol. The zero-order valence-corrected chi connectivity index (χ0v) is 11.9. The van der Waals surface area contributed by atoms with Crippen LogP contribution in [0.2, 0.25) is 0 Å². The van der Waals surface area contributed by atoms with E-state index in [1.165, 1.54) is 7.11 Å². The fourth-order valence-electron chi connectivity index (χ4n) is 1.59. The van der Waals surface area contributed by atoms with Gasteiger partial charge in [0.05, 0.1) is 26.7 Å². The van der Waals surface area contributed by atoms with E-state index in [9.17, 15) is 4.79 Å². The molecule has 0 bridgehead atoms. The van der Waals surface area contributed by atoms with Crippen molar-refractivity contribution in [3.63, 3.8) is 0 Å². The van der Waals surface area contributed by atoms with Crippen LogP contribution in [0.3, 0.4) is 0 Å². The zero-order valence-electron chi connectivity index (χ0n) is 11.9. The highest BCUT2D eigenvalue weighted by atomic mass is 16.5. The Bertz CT molecular complexity index is 416. The van der Waals surface area contributed by atoms with Crippen LogP contribution in [0, 0.1) is 0 Å². The molecule has 0 amide bonds. The van der Waals surface area contributed by atoms with Crippen molar-refractivity contribution in [2.45, 2.75) is 38.8 Å². The molecule has 0 aliphatic heterocycles. The first-order valence-electron chi connectivity index (χ1n) is 6.48. The molecule has 1 rings (SSSR count). The molecule has 1 aromatic rings. The van der Waals surface area contributed by atoms with Gasteiger partial charge in [0.25, 0.3) is 0 Å². The highest BCUT2D eigenvalue weighted by Crippen LogP contribution is 2.13. The van der Waals surface area contributed by atoms with Crippen molar-refractivity contribution in [3.05, 3.63) is 35.4 Å². The van der Waals surface area contributed by atoms with Gasteiger partial charge in [-0.2, -0.15) is 0 Å². The Labute approximate surface area is 114 Å². The van der Waals surface area contributed by atoms with Crippen LogP contribution in [0.5, 0.6) is 0 Å². The van der Waals surface area contributed by atoms with Gasteiger partial charge < -0.3 is 15.2 Å².